The van der Waals surface area contributed by atoms with Crippen LogP contribution in [0.4, 0.5) is 0 Å². The van der Waals surface area contributed by atoms with Crippen LogP contribution in [0.2, 0.25) is 0 Å². The molecule has 0 aromatic heterocycles. The Bertz CT molecular complexity index is 1700. The van der Waals surface area contributed by atoms with E-state index in [1.807, 2.05) is 0 Å². The highest BCUT2D eigenvalue weighted by Gasteiger charge is 2.28. The number of carbonyl (C=O) groups is 3. The van der Waals surface area contributed by atoms with E-state index in [0.29, 0.717) is 19.3 Å². The highest BCUT2D eigenvalue weighted by Crippen LogP contribution is 2.43. The molecule has 0 heterocycles. The van der Waals surface area contributed by atoms with E-state index in [1.165, 1.54) is 19.3 Å². The van der Waals surface area contributed by atoms with Crippen molar-refractivity contribution in [1.29, 1.82) is 0 Å². The molecule has 0 amide bonds. The summed E-state index contributed by atoms with van der Waals surface area (Å²) >= 11 is 0. The highest BCUT2D eigenvalue weighted by molar-refractivity contribution is 7.47. The number of ether oxygens (including phenoxy) is 3. The van der Waals surface area contributed by atoms with E-state index in [4.69, 9.17) is 23.3 Å². The molecule has 0 radical (unpaired) electrons. The van der Waals surface area contributed by atoms with Gasteiger partial charge in [0.15, 0.2) is 6.10 Å². The maximum atomic E-state index is 12.9. The molecule has 74 heavy (non-hydrogen) atoms. The minimum atomic E-state index is -4.78. The van der Waals surface area contributed by atoms with E-state index in [1.54, 1.807) is 0 Å². The number of phosphoric acid groups is 1. The van der Waals surface area contributed by atoms with Crippen molar-refractivity contribution in [2.75, 3.05) is 26.4 Å². The molecule has 0 aliphatic heterocycles. The molecular formula is C62H101O11P. The van der Waals surface area contributed by atoms with Gasteiger partial charge in [-0.2, -0.15) is 0 Å². The van der Waals surface area contributed by atoms with Crippen molar-refractivity contribution in [2.45, 2.75) is 226 Å². The largest absolute Gasteiger partial charge is 0.472 e. The molecule has 11 nitrogen and oxygen atoms in total. The van der Waals surface area contributed by atoms with Gasteiger partial charge in [0.25, 0.3) is 0 Å². The molecule has 0 aliphatic carbocycles. The standard InChI is InChI=1S/C62H101O11P/c1-4-7-10-13-16-19-22-25-28-29-32-33-36-39-42-45-48-51-60(64)69-55-59(73-62(66)53-50-47-44-41-38-35-31-27-24-21-18-15-12-9-6-3)57-71-74(67,68)70-56-58(54-63)72-61(65)52-49-46-43-40-37-34-30-26-23-20-17-14-11-8-5-2/h7,9-10,12,16-21,25-28,30-33,38,41,58-59,63H,4-6,8,11,13-15,22-24,29,34-37,39-40,42-57H2,1-3H3,(H,67,68)/b10-7-,12-9-,19-16-,20-17-,21-18-,28-25-,30-26-,31-27-,33-32-,41-38-. The van der Waals surface area contributed by atoms with Crippen LogP contribution in [-0.4, -0.2) is 66.5 Å². The summed E-state index contributed by atoms with van der Waals surface area (Å²) in [6.45, 7) is 4.28. The number of hydrogen-bond acceptors (Lipinski definition) is 10. The molecule has 12 heteroatoms. The van der Waals surface area contributed by atoms with Crippen LogP contribution in [0.1, 0.15) is 213 Å². The van der Waals surface area contributed by atoms with Gasteiger partial charge in [-0.15, -0.1) is 0 Å². The Morgan fingerprint density at radius 3 is 1.11 bits per heavy atom. The van der Waals surface area contributed by atoms with E-state index in [0.717, 1.165) is 135 Å². The fourth-order valence-electron chi connectivity index (χ4n) is 7.07. The van der Waals surface area contributed by atoms with Crippen molar-refractivity contribution in [3.05, 3.63) is 122 Å². The van der Waals surface area contributed by atoms with Gasteiger partial charge in [0.05, 0.1) is 19.8 Å². The van der Waals surface area contributed by atoms with E-state index in [-0.39, 0.29) is 25.9 Å². The monoisotopic (exact) mass is 1050 g/mol. The number of unbranched alkanes of at least 4 members (excludes halogenated alkanes) is 14. The van der Waals surface area contributed by atoms with Crippen LogP contribution >= 0.6 is 7.82 Å². The third-order valence-electron chi connectivity index (χ3n) is 11.3. The van der Waals surface area contributed by atoms with E-state index >= 15 is 0 Å². The summed E-state index contributed by atoms with van der Waals surface area (Å²) in [4.78, 5) is 48.5. The van der Waals surface area contributed by atoms with Crippen LogP contribution in [0.15, 0.2) is 122 Å². The number of allylic oxidation sites excluding steroid dienone is 20. The number of aliphatic hydroxyl groups is 1. The fourth-order valence-corrected chi connectivity index (χ4v) is 7.86. The molecule has 0 spiro atoms. The van der Waals surface area contributed by atoms with Gasteiger partial charge in [0.2, 0.25) is 0 Å². The van der Waals surface area contributed by atoms with Gasteiger partial charge >= 0.3 is 25.7 Å². The second-order valence-corrected chi connectivity index (χ2v) is 19.8. The molecule has 420 valence electrons. The van der Waals surface area contributed by atoms with Crippen molar-refractivity contribution in [3.8, 4) is 0 Å². The molecule has 0 saturated heterocycles. The van der Waals surface area contributed by atoms with Crippen molar-refractivity contribution < 1.29 is 52.2 Å². The van der Waals surface area contributed by atoms with Crippen molar-refractivity contribution in [2.24, 2.45) is 0 Å². The van der Waals surface area contributed by atoms with E-state index in [9.17, 15) is 28.9 Å². The van der Waals surface area contributed by atoms with Crippen LogP contribution in [0.3, 0.4) is 0 Å². The predicted molar refractivity (Wildman–Crippen MR) is 306 cm³/mol. The maximum Gasteiger partial charge on any atom is 0.472 e. The molecule has 0 fully saturated rings. The molecule has 2 N–H and O–H groups in total. The Balaban J connectivity index is 4.85. The van der Waals surface area contributed by atoms with Gasteiger partial charge < -0.3 is 24.2 Å². The number of phosphoric ester groups is 1. The van der Waals surface area contributed by atoms with Gasteiger partial charge in [-0.05, 0) is 128 Å². The summed E-state index contributed by atoms with van der Waals surface area (Å²) in [6, 6.07) is 0. The first-order valence-electron chi connectivity index (χ1n) is 28.4. The van der Waals surface area contributed by atoms with E-state index < -0.39 is 57.8 Å². The van der Waals surface area contributed by atoms with Crippen LogP contribution < -0.4 is 0 Å². The zero-order valence-electron chi connectivity index (χ0n) is 46.3. The van der Waals surface area contributed by atoms with E-state index in [2.05, 4.69) is 142 Å². The third kappa shape index (κ3) is 52.7. The Hall–Kier alpha value is -4.12. The quantitative estimate of drug-likeness (QED) is 0.0197. The van der Waals surface area contributed by atoms with Gasteiger partial charge in [0.1, 0.15) is 12.7 Å². The minimum absolute atomic E-state index is 0.102. The molecule has 0 aliphatic rings. The maximum absolute atomic E-state index is 12.9. The SMILES string of the molecule is CC/C=C\C/C=C\C/C=C\C/C=C\CCCCCCC(=O)OCC(COP(=O)(O)OCC(CO)OC(=O)CCCCCCC/C=C\C/C=C\CCCCC)OC(=O)CCCC/C=C\C/C=C\C/C=C\C/C=C\CC. The zero-order chi connectivity index (χ0) is 54.1. The lowest BCUT2D eigenvalue weighted by molar-refractivity contribution is -0.161. The Kier molecular flexibility index (Phi) is 52.1. The van der Waals surface area contributed by atoms with Crippen molar-refractivity contribution in [1.82, 2.24) is 0 Å². The van der Waals surface area contributed by atoms with Crippen LogP contribution in [0, 0.1) is 0 Å². The number of aliphatic hydroxyl groups excluding tert-OH is 1. The molecule has 0 aromatic rings. The molecule has 3 atom stereocenters. The minimum Gasteiger partial charge on any atom is -0.462 e. The summed E-state index contributed by atoms with van der Waals surface area (Å²) in [5, 5.41) is 9.81. The highest BCUT2D eigenvalue weighted by atomic mass is 31.2. The first-order valence-corrected chi connectivity index (χ1v) is 29.9. The second-order valence-electron chi connectivity index (χ2n) is 18.3. The van der Waals surface area contributed by atoms with Crippen LogP contribution in [0.25, 0.3) is 0 Å². The first-order chi connectivity index (χ1) is 36.2. The molecule has 0 rings (SSSR count). The van der Waals surface area contributed by atoms with Crippen LogP contribution in [-0.2, 0) is 42.2 Å². The third-order valence-corrected chi connectivity index (χ3v) is 12.3. The number of esters is 3. The van der Waals surface area contributed by atoms with Crippen LogP contribution in [0.5, 0.6) is 0 Å². The van der Waals surface area contributed by atoms with Gasteiger partial charge in [-0.25, -0.2) is 4.57 Å². The number of hydrogen-bond donors (Lipinski definition) is 2. The van der Waals surface area contributed by atoms with Gasteiger partial charge in [-0.1, -0.05) is 187 Å². The number of carbonyl (C=O) groups excluding carboxylic acids is 3. The molecule has 0 saturated carbocycles. The second kappa shape index (κ2) is 55.1. The Morgan fingerprint density at radius 2 is 0.703 bits per heavy atom. The summed E-state index contributed by atoms with van der Waals surface area (Å²) in [5.74, 6) is -1.57. The summed E-state index contributed by atoms with van der Waals surface area (Å²) in [6.07, 6.45) is 67.3. The zero-order valence-corrected chi connectivity index (χ0v) is 47.2. The van der Waals surface area contributed by atoms with Crippen molar-refractivity contribution in [3.63, 3.8) is 0 Å². The first kappa shape index (κ1) is 69.9. The molecule has 0 aromatic carbocycles. The lowest BCUT2D eigenvalue weighted by atomic mass is 10.1. The Labute approximate surface area is 449 Å². The van der Waals surface area contributed by atoms with Crippen molar-refractivity contribution >= 4 is 25.7 Å². The smallest absolute Gasteiger partial charge is 0.462 e. The molecule has 0 bridgehead atoms. The summed E-state index contributed by atoms with van der Waals surface area (Å²) in [7, 11) is -4.78. The average Bonchev–Trinajstić information content (AvgIpc) is 3.39. The van der Waals surface area contributed by atoms with Gasteiger partial charge in [-0.3, -0.25) is 23.4 Å². The number of rotatable bonds is 51. The molecule has 3 unspecified atom stereocenters. The van der Waals surface area contributed by atoms with Gasteiger partial charge in [0, 0.05) is 19.3 Å². The normalized spacial score (nSPS) is 14.3. The fraction of sp³-hybridized carbons (Fsp3) is 0.629. The summed E-state index contributed by atoms with van der Waals surface area (Å²) < 4.78 is 39.4. The lowest BCUT2D eigenvalue weighted by Crippen LogP contribution is -2.30. The Morgan fingerprint density at radius 1 is 0.392 bits per heavy atom. The summed E-state index contributed by atoms with van der Waals surface area (Å²) in [5.41, 5.74) is 0. The topological polar surface area (TPSA) is 155 Å². The lowest BCUT2D eigenvalue weighted by Gasteiger charge is -2.21. The predicted octanol–water partition coefficient (Wildman–Crippen LogP) is 16.8. The molecular weight excluding hydrogens is 952 g/mol. The average molecular weight is 1050 g/mol.